The molecule has 0 bridgehead atoms. The number of aryl methyl sites for hydroxylation is 1. The second kappa shape index (κ2) is 36.9. The van der Waals surface area contributed by atoms with E-state index in [4.69, 9.17) is 33.2 Å². The fourth-order valence-corrected chi connectivity index (χ4v) is 9.22. The predicted molar refractivity (Wildman–Crippen MR) is 333 cm³/mol. The van der Waals surface area contributed by atoms with Crippen molar-refractivity contribution in [2.45, 2.75) is 149 Å². The molecule has 0 heterocycles. The number of azo groups is 1. The number of carbonyl (C=O) groups is 4. The molecule has 0 fully saturated rings. The van der Waals surface area contributed by atoms with Crippen molar-refractivity contribution in [1.82, 2.24) is 0 Å². The van der Waals surface area contributed by atoms with Gasteiger partial charge in [0.05, 0.1) is 53.4 Å². The summed E-state index contributed by atoms with van der Waals surface area (Å²) >= 11 is 0. The molecule has 0 N–H and O–H groups in total. The summed E-state index contributed by atoms with van der Waals surface area (Å²) in [7, 11) is 0. The summed E-state index contributed by atoms with van der Waals surface area (Å²) in [6.45, 7) is 6.37. The maximum Gasteiger partial charge on any atom is 0.343 e. The minimum atomic E-state index is -0.689. The molecular weight excluding hydrogens is 1070 g/mol. The third-order valence-electron chi connectivity index (χ3n) is 14.2. The monoisotopic (exact) mass is 1150 g/mol. The third kappa shape index (κ3) is 23.9. The SMILES string of the molecule is CCCCCCCCCCCCOc1ccc(C(=O)Oc2ccc(C(=O)Oc3cccc(C(=O)Oc4ccc(OC(=O)c5ccc(OCCCCCCCCCCOc6ccc(N=Nc7ccc(CCCC)cc7)cc6)cc5)cc4)c3)cc2)cc1. The first-order chi connectivity index (χ1) is 41.7. The molecular formula is C72H82N2O11. The second-order valence-corrected chi connectivity index (χ2v) is 21.2. The zero-order chi connectivity index (χ0) is 59.5. The Kier molecular flexibility index (Phi) is 27.8. The van der Waals surface area contributed by atoms with Gasteiger partial charge in [0.15, 0.2) is 0 Å². The molecule has 0 amide bonds. The third-order valence-corrected chi connectivity index (χ3v) is 14.2. The number of benzene rings is 7. The first-order valence-electron chi connectivity index (χ1n) is 30.6. The van der Waals surface area contributed by atoms with Gasteiger partial charge < -0.3 is 33.2 Å². The Labute approximate surface area is 502 Å². The van der Waals surface area contributed by atoms with Crippen molar-refractivity contribution in [3.8, 4) is 40.2 Å². The van der Waals surface area contributed by atoms with E-state index in [0.717, 1.165) is 68.5 Å². The fraction of sp³-hybridized carbons (Fsp3) is 0.361. The topological polar surface area (TPSA) is 158 Å². The summed E-state index contributed by atoms with van der Waals surface area (Å²) < 4.78 is 40.0. The van der Waals surface area contributed by atoms with Crippen LogP contribution in [0.5, 0.6) is 40.2 Å². The first-order valence-corrected chi connectivity index (χ1v) is 30.6. The summed E-state index contributed by atoms with van der Waals surface area (Å²) in [5.74, 6) is 0.624. The molecule has 0 aliphatic carbocycles. The van der Waals surface area contributed by atoms with Gasteiger partial charge in [-0.3, -0.25) is 0 Å². The summed E-state index contributed by atoms with van der Waals surface area (Å²) in [6, 6.07) is 47.8. The van der Waals surface area contributed by atoms with Gasteiger partial charge in [0.25, 0.3) is 0 Å². The minimum absolute atomic E-state index is 0.124. The predicted octanol–water partition coefficient (Wildman–Crippen LogP) is 19.2. The van der Waals surface area contributed by atoms with Gasteiger partial charge in [-0.2, -0.15) is 10.2 Å². The highest BCUT2D eigenvalue weighted by Gasteiger charge is 2.16. The number of nitrogens with zero attached hydrogens (tertiary/aromatic N) is 2. The Morgan fingerprint density at radius 2 is 0.600 bits per heavy atom. The molecule has 0 aromatic heterocycles. The van der Waals surface area contributed by atoms with Gasteiger partial charge in [-0.15, -0.1) is 0 Å². The van der Waals surface area contributed by atoms with E-state index in [9.17, 15) is 19.2 Å². The highest BCUT2D eigenvalue weighted by molar-refractivity contribution is 5.94. The Morgan fingerprint density at radius 1 is 0.294 bits per heavy atom. The van der Waals surface area contributed by atoms with E-state index >= 15 is 0 Å². The number of hydrogen-bond acceptors (Lipinski definition) is 13. The van der Waals surface area contributed by atoms with Crippen molar-refractivity contribution >= 4 is 35.3 Å². The summed E-state index contributed by atoms with van der Waals surface area (Å²) in [5, 5.41) is 8.73. The lowest BCUT2D eigenvalue weighted by atomic mass is 10.1. The van der Waals surface area contributed by atoms with Crippen molar-refractivity contribution in [2.75, 3.05) is 19.8 Å². The van der Waals surface area contributed by atoms with E-state index in [1.54, 1.807) is 60.7 Å². The average molecular weight is 1150 g/mol. The van der Waals surface area contributed by atoms with Gasteiger partial charge in [0.2, 0.25) is 0 Å². The van der Waals surface area contributed by atoms with Crippen LogP contribution in [-0.2, 0) is 6.42 Å². The summed E-state index contributed by atoms with van der Waals surface area (Å²) in [4.78, 5) is 52.0. The maximum atomic E-state index is 13.1. The van der Waals surface area contributed by atoms with Crippen LogP contribution in [0.2, 0.25) is 0 Å². The summed E-state index contributed by atoms with van der Waals surface area (Å²) in [6.07, 6.45) is 25.0. The van der Waals surface area contributed by atoms with Crippen molar-refractivity contribution in [3.63, 3.8) is 0 Å². The molecule has 7 aromatic rings. The minimum Gasteiger partial charge on any atom is -0.494 e. The van der Waals surface area contributed by atoms with Crippen LogP contribution in [0.1, 0.15) is 189 Å². The Bertz CT molecular complexity index is 3110. The van der Waals surface area contributed by atoms with Gasteiger partial charge in [-0.1, -0.05) is 135 Å². The van der Waals surface area contributed by atoms with E-state index < -0.39 is 23.9 Å². The largest absolute Gasteiger partial charge is 0.494 e. The molecule has 446 valence electrons. The molecule has 0 aliphatic heterocycles. The molecule has 0 saturated heterocycles. The van der Waals surface area contributed by atoms with Crippen molar-refractivity contribution in [1.29, 1.82) is 0 Å². The summed E-state index contributed by atoms with van der Waals surface area (Å²) in [5.41, 5.74) is 4.05. The number of carbonyl (C=O) groups excluding carboxylic acids is 4. The zero-order valence-corrected chi connectivity index (χ0v) is 49.5. The molecule has 7 aromatic carbocycles. The van der Waals surface area contributed by atoms with Crippen LogP contribution in [0, 0.1) is 0 Å². The van der Waals surface area contributed by atoms with E-state index in [1.807, 2.05) is 36.4 Å². The molecule has 0 aliphatic rings. The van der Waals surface area contributed by atoms with Crippen LogP contribution >= 0.6 is 0 Å². The molecule has 13 nitrogen and oxygen atoms in total. The van der Waals surface area contributed by atoms with E-state index in [-0.39, 0.29) is 34.1 Å². The lowest BCUT2D eigenvalue weighted by molar-refractivity contribution is 0.0713. The van der Waals surface area contributed by atoms with E-state index in [0.29, 0.717) is 42.4 Å². The zero-order valence-electron chi connectivity index (χ0n) is 49.5. The highest BCUT2D eigenvalue weighted by atomic mass is 16.6. The Balaban J connectivity index is 0.708. The van der Waals surface area contributed by atoms with Gasteiger partial charge in [-0.25, -0.2) is 19.2 Å². The van der Waals surface area contributed by atoms with Crippen LogP contribution in [0.15, 0.2) is 180 Å². The van der Waals surface area contributed by atoms with Gasteiger partial charge in [0, 0.05) is 0 Å². The number of esters is 4. The number of hydrogen-bond donors (Lipinski definition) is 0. The lowest BCUT2D eigenvalue weighted by Gasteiger charge is -2.09. The normalized spacial score (nSPS) is 11.0. The molecule has 0 unspecified atom stereocenters. The van der Waals surface area contributed by atoms with Crippen LogP contribution < -0.4 is 33.2 Å². The molecule has 0 radical (unpaired) electrons. The second-order valence-electron chi connectivity index (χ2n) is 21.2. The first kappa shape index (κ1) is 64.0. The molecule has 7 rings (SSSR count). The van der Waals surface area contributed by atoms with E-state index in [1.165, 1.54) is 150 Å². The van der Waals surface area contributed by atoms with Gasteiger partial charge in [-0.05, 0) is 189 Å². The Hall–Kier alpha value is -8.58. The lowest BCUT2D eigenvalue weighted by Crippen LogP contribution is -2.12. The Morgan fingerprint density at radius 3 is 0.988 bits per heavy atom. The van der Waals surface area contributed by atoms with Gasteiger partial charge in [0.1, 0.15) is 40.2 Å². The average Bonchev–Trinajstić information content (AvgIpc) is 3.61. The van der Waals surface area contributed by atoms with Gasteiger partial charge >= 0.3 is 23.9 Å². The number of rotatable bonds is 38. The smallest absolute Gasteiger partial charge is 0.343 e. The highest BCUT2D eigenvalue weighted by Crippen LogP contribution is 2.26. The molecule has 0 spiro atoms. The van der Waals surface area contributed by atoms with Crippen LogP contribution in [-0.4, -0.2) is 43.7 Å². The van der Waals surface area contributed by atoms with Crippen LogP contribution in [0.25, 0.3) is 0 Å². The van der Waals surface area contributed by atoms with Crippen molar-refractivity contribution < 1.29 is 52.3 Å². The van der Waals surface area contributed by atoms with Crippen LogP contribution in [0.3, 0.4) is 0 Å². The molecule has 0 atom stereocenters. The number of unbranched alkanes of at least 4 members (excludes halogenated alkanes) is 17. The standard InChI is InChI=1S/C72H82N2O11/c1-3-5-7-8-9-10-11-14-17-20-51-79-62-39-29-56(30-40-62)69(75)82-65-43-33-58(34-44-65)71(77)85-68-26-23-25-59(54-68)72(78)84-67-49-47-66(48-50-67)83-70(76)57-31-41-63(42-32-57)80-52-21-18-15-12-13-16-19-22-53-81-64-45-37-61(38-46-64)74-73-60-35-27-55(28-36-60)24-6-4-2/h23,25-50,54H,3-22,24,51-53H2,1-2H3. The molecule has 0 saturated carbocycles. The van der Waals surface area contributed by atoms with Crippen molar-refractivity contribution in [3.05, 3.63) is 198 Å². The maximum absolute atomic E-state index is 13.1. The molecule has 85 heavy (non-hydrogen) atoms. The quantitative estimate of drug-likeness (QED) is 0.0157. The van der Waals surface area contributed by atoms with E-state index in [2.05, 4.69) is 36.2 Å². The number of ether oxygens (including phenoxy) is 7. The van der Waals surface area contributed by atoms with Crippen LogP contribution in [0.4, 0.5) is 11.4 Å². The van der Waals surface area contributed by atoms with Crippen molar-refractivity contribution in [2.24, 2.45) is 10.2 Å². The molecule has 13 heteroatoms. The fourth-order valence-electron chi connectivity index (χ4n) is 9.22.